The largest absolute Gasteiger partial charge is 0.508 e. The second-order valence-electron chi connectivity index (χ2n) is 8.76. The van der Waals surface area contributed by atoms with Crippen molar-refractivity contribution in [1.82, 2.24) is 21.3 Å². The smallest absolute Gasteiger partial charge is 0.326 e. The number of carboxylic acid groups (broad SMARTS) is 2. The van der Waals surface area contributed by atoms with Gasteiger partial charge in [0, 0.05) is 12.8 Å². The molecule has 12 nitrogen and oxygen atoms in total. The molecule has 204 valence electrons. The molecule has 1 aromatic rings. The second kappa shape index (κ2) is 15.1. The Bertz CT molecular complexity index is 953. The molecule has 1 aliphatic heterocycles. The third-order valence-corrected chi connectivity index (χ3v) is 6.53. The predicted octanol–water partition coefficient (Wildman–Crippen LogP) is -0.156. The van der Waals surface area contributed by atoms with Crippen LogP contribution < -0.4 is 21.3 Å². The molecule has 37 heavy (non-hydrogen) atoms. The molecule has 1 saturated heterocycles. The maximum Gasteiger partial charge on any atom is 0.326 e. The number of aromatic hydroxyl groups is 1. The minimum Gasteiger partial charge on any atom is -0.508 e. The van der Waals surface area contributed by atoms with Gasteiger partial charge >= 0.3 is 11.9 Å². The van der Waals surface area contributed by atoms with E-state index in [0.717, 1.165) is 6.42 Å². The van der Waals surface area contributed by atoms with E-state index in [1.807, 2.05) is 6.26 Å². The van der Waals surface area contributed by atoms with Crippen LogP contribution >= 0.6 is 11.8 Å². The van der Waals surface area contributed by atoms with E-state index in [4.69, 9.17) is 5.11 Å². The van der Waals surface area contributed by atoms with Crippen LogP contribution in [-0.4, -0.2) is 87.7 Å². The molecule has 1 fully saturated rings. The van der Waals surface area contributed by atoms with E-state index < -0.39 is 54.3 Å². The maximum absolute atomic E-state index is 13.1. The summed E-state index contributed by atoms with van der Waals surface area (Å²) in [5.74, 6) is -3.79. The fourth-order valence-corrected chi connectivity index (χ4v) is 4.31. The van der Waals surface area contributed by atoms with E-state index in [2.05, 4.69) is 21.3 Å². The van der Waals surface area contributed by atoms with Crippen molar-refractivity contribution in [3.05, 3.63) is 29.8 Å². The normalized spacial score (nSPS) is 17.3. The summed E-state index contributed by atoms with van der Waals surface area (Å²) in [5.41, 5.74) is 0.539. The first kappa shape index (κ1) is 29.9. The summed E-state index contributed by atoms with van der Waals surface area (Å²) in [7, 11) is 0. The van der Waals surface area contributed by atoms with Gasteiger partial charge in [-0.1, -0.05) is 12.1 Å². The Hall–Kier alpha value is -3.32. The van der Waals surface area contributed by atoms with Crippen molar-refractivity contribution in [2.45, 2.75) is 62.7 Å². The molecule has 1 aromatic carbocycles. The summed E-state index contributed by atoms with van der Waals surface area (Å²) in [6, 6.07) is 1.75. The number of thioether (sulfide) groups is 1. The summed E-state index contributed by atoms with van der Waals surface area (Å²) in [5, 5.41) is 38.8. The second-order valence-corrected chi connectivity index (χ2v) is 9.74. The Morgan fingerprint density at radius 3 is 2.14 bits per heavy atom. The highest BCUT2D eigenvalue weighted by atomic mass is 32.2. The van der Waals surface area contributed by atoms with Gasteiger partial charge in [0.25, 0.3) is 0 Å². The highest BCUT2D eigenvalue weighted by Gasteiger charge is 2.31. The van der Waals surface area contributed by atoms with Crippen molar-refractivity contribution in [2.24, 2.45) is 0 Å². The SMILES string of the molecule is CSCCC(NC(=O)C1CCCN1)C(=O)NC(CCC(=O)O)C(=O)NC(Cc1ccc(O)cc1)C(=O)O. The summed E-state index contributed by atoms with van der Waals surface area (Å²) < 4.78 is 0. The number of phenols is 1. The number of carboxylic acids is 2. The number of rotatable bonds is 15. The first-order chi connectivity index (χ1) is 17.6. The van der Waals surface area contributed by atoms with Crippen LogP contribution in [0.25, 0.3) is 0 Å². The van der Waals surface area contributed by atoms with Gasteiger partial charge in [-0.3, -0.25) is 19.2 Å². The number of nitrogens with one attached hydrogen (secondary N) is 4. The van der Waals surface area contributed by atoms with E-state index in [1.165, 1.54) is 36.0 Å². The number of benzene rings is 1. The molecule has 1 heterocycles. The molecule has 0 aromatic heterocycles. The van der Waals surface area contributed by atoms with Crippen LogP contribution in [0.3, 0.4) is 0 Å². The minimum absolute atomic E-state index is 0.00272. The first-order valence-corrected chi connectivity index (χ1v) is 13.4. The van der Waals surface area contributed by atoms with Crippen molar-refractivity contribution in [2.75, 3.05) is 18.6 Å². The summed E-state index contributed by atoms with van der Waals surface area (Å²) >= 11 is 1.47. The summed E-state index contributed by atoms with van der Waals surface area (Å²) in [6.45, 7) is 0.700. The van der Waals surface area contributed by atoms with Crippen molar-refractivity contribution < 1.29 is 39.3 Å². The number of aliphatic carboxylic acids is 2. The Kier molecular flexibility index (Phi) is 12.2. The molecule has 0 saturated carbocycles. The van der Waals surface area contributed by atoms with Crippen molar-refractivity contribution in [1.29, 1.82) is 0 Å². The molecule has 4 atom stereocenters. The van der Waals surface area contributed by atoms with Gasteiger partial charge in [0.1, 0.15) is 23.9 Å². The number of phenolic OH excluding ortho intramolecular Hbond substituents is 1. The molecule has 3 amide bonds. The third kappa shape index (κ3) is 10.3. The van der Waals surface area contributed by atoms with E-state index in [1.54, 1.807) is 0 Å². The van der Waals surface area contributed by atoms with Gasteiger partial charge in [-0.25, -0.2) is 4.79 Å². The molecule has 0 aliphatic carbocycles. The first-order valence-electron chi connectivity index (χ1n) is 12.0. The molecular weight excluding hydrogens is 504 g/mol. The van der Waals surface area contributed by atoms with Gasteiger partial charge in [0.05, 0.1) is 6.04 Å². The van der Waals surface area contributed by atoms with Crippen LogP contribution in [-0.2, 0) is 30.4 Å². The van der Waals surface area contributed by atoms with Gasteiger partial charge in [0.2, 0.25) is 17.7 Å². The van der Waals surface area contributed by atoms with Crippen LogP contribution in [0.2, 0.25) is 0 Å². The number of hydrogen-bond donors (Lipinski definition) is 7. The lowest BCUT2D eigenvalue weighted by atomic mass is 10.0. The molecule has 0 spiro atoms. The van der Waals surface area contributed by atoms with Gasteiger partial charge in [-0.05, 0) is 61.9 Å². The summed E-state index contributed by atoms with van der Waals surface area (Å²) in [6.07, 6.45) is 2.81. The van der Waals surface area contributed by atoms with Gasteiger partial charge in [-0.15, -0.1) is 0 Å². The quantitative estimate of drug-likeness (QED) is 0.158. The summed E-state index contributed by atoms with van der Waals surface area (Å²) in [4.78, 5) is 61.6. The Morgan fingerprint density at radius 2 is 1.59 bits per heavy atom. The molecule has 2 rings (SSSR count). The fraction of sp³-hybridized carbons (Fsp3) is 0.542. The average molecular weight is 539 g/mol. The number of amides is 3. The molecule has 0 bridgehead atoms. The highest BCUT2D eigenvalue weighted by Crippen LogP contribution is 2.12. The lowest BCUT2D eigenvalue weighted by Gasteiger charge is -2.25. The monoisotopic (exact) mass is 538 g/mol. The number of carbonyl (C=O) groups excluding carboxylic acids is 3. The minimum atomic E-state index is -1.36. The van der Waals surface area contributed by atoms with Gasteiger partial charge < -0.3 is 36.6 Å². The molecular formula is C24H34N4O8S. The highest BCUT2D eigenvalue weighted by molar-refractivity contribution is 7.98. The molecule has 0 radical (unpaired) electrons. The third-order valence-electron chi connectivity index (χ3n) is 5.89. The zero-order chi connectivity index (χ0) is 27.4. The predicted molar refractivity (Wildman–Crippen MR) is 136 cm³/mol. The van der Waals surface area contributed by atoms with Gasteiger partial charge in [-0.2, -0.15) is 11.8 Å². The topological polar surface area (TPSA) is 194 Å². The maximum atomic E-state index is 13.1. The Labute approximate surface area is 219 Å². The zero-order valence-corrected chi connectivity index (χ0v) is 21.4. The molecule has 7 N–H and O–H groups in total. The fourth-order valence-electron chi connectivity index (χ4n) is 3.83. The molecule has 13 heteroatoms. The van der Waals surface area contributed by atoms with E-state index in [9.17, 15) is 34.2 Å². The van der Waals surface area contributed by atoms with E-state index in [0.29, 0.717) is 24.3 Å². The average Bonchev–Trinajstić information content (AvgIpc) is 3.40. The van der Waals surface area contributed by atoms with Crippen LogP contribution in [0.15, 0.2) is 24.3 Å². The van der Waals surface area contributed by atoms with Crippen molar-refractivity contribution in [3.8, 4) is 5.75 Å². The number of carbonyl (C=O) groups is 5. The lowest BCUT2D eigenvalue weighted by Crippen LogP contribution is -2.57. The van der Waals surface area contributed by atoms with E-state index in [-0.39, 0.29) is 30.9 Å². The molecule has 4 unspecified atom stereocenters. The lowest BCUT2D eigenvalue weighted by molar-refractivity contribution is -0.143. The van der Waals surface area contributed by atoms with Crippen LogP contribution in [0.1, 0.15) is 37.7 Å². The van der Waals surface area contributed by atoms with Crippen LogP contribution in [0.4, 0.5) is 0 Å². The zero-order valence-electron chi connectivity index (χ0n) is 20.6. The van der Waals surface area contributed by atoms with Crippen LogP contribution in [0, 0.1) is 0 Å². The number of hydrogen-bond acceptors (Lipinski definition) is 8. The van der Waals surface area contributed by atoms with Crippen molar-refractivity contribution in [3.63, 3.8) is 0 Å². The van der Waals surface area contributed by atoms with Crippen LogP contribution in [0.5, 0.6) is 5.75 Å². The van der Waals surface area contributed by atoms with E-state index >= 15 is 0 Å². The van der Waals surface area contributed by atoms with Crippen molar-refractivity contribution >= 4 is 41.4 Å². The van der Waals surface area contributed by atoms with Gasteiger partial charge in [0.15, 0.2) is 0 Å². The molecule has 1 aliphatic rings. The standard InChI is InChI=1S/C24H34N4O8S/c1-37-12-10-18(27-21(32)16-3-2-11-25-16)23(34)26-17(8-9-20(30)31)22(33)28-19(24(35)36)13-14-4-6-15(29)7-5-14/h4-7,16-19,25,29H,2-3,8-13H2,1H3,(H,26,34)(H,27,32)(H,28,33)(H,30,31)(H,35,36). The Balaban J connectivity index is 2.12. The Morgan fingerprint density at radius 1 is 0.973 bits per heavy atom.